The molecule has 146 valence electrons. The number of aliphatic hydroxyl groups is 1. The van der Waals surface area contributed by atoms with Crippen LogP contribution in [0.4, 0.5) is 14.6 Å². The van der Waals surface area contributed by atoms with Crippen LogP contribution in [0, 0.1) is 23.0 Å². The predicted molar refractivity (Wildman–Crippen MR) is 98.6 cm³/mol. The van der Waals surface area contributed by atoms with E-state index in [0.717, 1.165) is 6.07 Å². The minimum atomic E-state index is -1.18. The molecule has 1 fully saturated rings. The number of aliphatic hydroxyl groups excluding tert-OH is 1. The number of nitriles is 1. The van der Waals surface area contributed by atoms with Crippen LogP contribution in [-0.2, 0) is 0 Å². The Hall–Kier alpha value is -3.05. The summed E-state index contributed by atoms with van der Waals surface area (Å²) in [6.07, 6.45) is 1.05. The molecule has 1 amide bonds. The average Bonchev–Trinajstić information content (AvgIpc) is 2.71. The molecule has 2 atom stereocenters. The lowest BCUT2D eigenvalue weighted by atomic mass is 9.98. The summed E-state index contributed by atoms with van der Waals surface area (Å²) < 4.78 is 27.5. The van der Waals surface area contributed by atoms with Crippen LogP contribution in [0.2, 0.25) is 0 Å². The van der Waals surface area contributed by atoms with E-state index in [1.807, 2.05) is 11.0 Å². The molecular weight excluding hydrogens is 366 g/mol. The third-order valence-electron chi connectivity index (χ3n) is 4.93. The first-order chi connectivity index (χ1) is 13.5. The predicted octanol–water partition coefficient (Wildman–Crippen LogP) is 2.33. The topological polar surface area (TPSA) is 80.5 Å². The second-order valence-corrected chi connectivity index (χ2v) is 6.58. The van der Waals surface area contributed by atoms with E-state index in [0.29, 0.717) is 24.3 Å². The van der Waals surface area contributed by atoms with Crippen LogP contribution >= 0.6 is 0 Å². The van der Waals surface area contributed by atoms with E-state index in [2.05, 4.69) is 4.98 Å². The van der Waals surface area contributed by atoms with Gasteiger partial charge in [0.15, 0.2) is 11.6 Å². The Kier molecular flexibility index (Phi) is 5.85. The summed E-state index contributed by atoms with van der Waals surface area (Å²) in [5.74, 6) is -2.35. The number of nitrogens with zero attached hydrogens (tertiary/aromatic N) is 4. The fourth-order valence-electron chi connectivity index (χ4n) is 3.50. The van der Waals surface area contributed by atoms with Crippen LogP contribution in [0.15, 0.2) is 36.5 Å². The number of rotatable bonds is 4. The van der Waals surface area contributed by atoms with E-state index < -0.39 is 29.7 Å². The Balaban J connectivity index is 1.77. The van der Waals surface area contributed by atoms with Crippen molar-refractivity contribution in [2.24, 2.45) is 0 Å². The van der Waals surface area contributed by atoms with Gasteiger partial charge in [0.1, 0.15) is 5.82 Å². The number of β-amino-alcohol motifs (C(OH)–C–C–N with tert-alkyl or cyclic N) is 1. The highest BCUT2D eigenvalue weighted by molar-refractivity contribution is 5.94. The first-order valence-electron chi connectivity index (χ1n) is 9.00. The molecule has 1 saturated heterocycles. The maximum Gasteiger partial charge on any atom is 0.257 e. The number of halogens is 2. The van der Waals surface area contributed by atoms with Gasteiger partial charge in [0, 0.05) is 25.8 Å². The van der Waals surface area contributed by atoms with Crippen LogP contribution in [0.5, 0.6) is 0 Å². The van der Waals surface area contributed by atoms with Crippen molar-refractivity contribution in [1.82, 2.24) is 9.88 Å². The van der Waals surface area contributed by atoms with Crippen LogP contribution in [-0.4, -0.2) is 52.7 Å². The molecule has 1 aromatic heterocycles. The Labute approximate surface area is 161 Å². The summed E-state index contributed by atoms with van der Waals surface area (Å²) in [6.45, 7) is 2.69. The highest BCUT2D eigenvalue weighted by Crippen LogP contribution is 2.24. The zero-order valence-corrected chi connectivity index (χ0v) is 15.3. The summed E-state index contributed by atoms with van der Waals surface area (Å²) in [6, 6.07) is 8.23. The van der Waals surface area contributed by atoms with Crippen LogP contribution < -0.4 is 4.90 Å². The maximum atomic E-state index is 14.0. The highest BCUT2D eigenvalue weighted by atomic mass is 19.2. The number of pyridine rings is 1. The van der Waals surface area contributed by atoms with Crippen molar-refractivity contribution in [2.45, 2.75) is 25.5 Å². The third kappa shape index (κ3) is 3.80. The van der Waals surface area contributed by atoms with E-state index in [-0.39, 0.29) is 18.7 Å². The lowest BCUT2D eigenvalue weighted by molar-refractivity contribution is 0.0300. The number of carbonyl (C=O) groups is 1. The minimum Gasteiger partial charge on any atom is -0.389 e. The Morgan fingerprint density at radius 2 is 2.21 bits per heavy atom. The van der Waals surface area contributed by atoms with Crippen molar-refractivity contribution in [1.29, 1.82) is 5.26 Å². The molecule has 8 heteroatoms. The molecule has 0 bridgehead atoms. The molecule has 28 heavy (non-hydrogen) atoms. The van der Waals surface area contributed by atoms with Gasteiger partial charge < -0.3 is 14.9 Å². The summed E-state index contributed by atoms with van der Waals surface area (Å²) >= 11 is 0. The van der Waals surface area contributed by atoms with Crippen LogP contribution in [0.25, 0.3) is 0 Å². The van der Waals surface area contributed by atoms with E-state index >= 15 is 0 Å². The summed E-state index contributed by atoms with van der Waals surface area (Å²) in [4.78, 5) is 20.2. The quantitative estimate of drug-likeness (QED) is 0.872. The zero-order chi connectivity index (χ0) is 20.3. The van der Waals surface area contributed by atoms with Gasteiger partial charge in [-0.25, -0.2) is 13.8 Å². The number of benzene rings is 1. The van der Waals surface area contributed by atoms with Crippen molar-refractivity contribution < 1.29 is 18.7 Å². The number of anilines is 1. The van der Waals surface area contributed by atoms with E-state index in [1.54, 1.807) is 19.1 Å². The molecule has 0 spiro atoms. The van der Waals surface area contributed by atoms with Crippen molar-refractivity contribution in [2.75, 3.05) is 24.5 Å². The summed E-state index contributed by atoms with van der Waals surface area (Å²) in [5.41, 5.74) is 0.119. The molecule has 1 N–H and O–H groups in total. The van der Waals surface area contributed by atoms with Crippen LogP contribution in [0.3, 0.4) is 0 Å². The standard InChI is InChI=1S/C20H20F2N4O2/c1-2-26(20(28)14-4-3-5-15(21)19(14)22)16-7-9-25(12-17(16)27)18-10-13(11-23)6-8-24-18/h3-6,8,10,16-17,27H,2,7,9,12H2,1H3/t16-,17-/m1/s1. The molecule has 0 aliphatic carbocycles. The van der Waals surface area contributed by atoms with Crippen molar-refractivity contribution in [3.8, 4) is 6.07 Å². The second-order valence-electron chi connectivity index (χ2n) is 6.58. The molecule has 2 aromatic rings. The minimum absolute atomic E-state index is 0.210. The number of hydrogen-bond acceptors (Lipinski definition) is 5. The molecule has 0 unspecified atom stereocenters. The number of likely N-dealkylation sites (N-methyl/N-ethyl adjacent to an activating group) is 1. The second kappa shape index (κ2) is 8.31. The normalized spacial score (nSPS) is 19.2. The number of amides is 1. The first-order valence-corrected chi connectivity index (χ1v) is 9.00. The highest BCUT2D eigenvalue weighted by Gasteiger charge is 2.35. The van der Waals surface area contributed by atoms with Crippen molar-refractivity contribution >= 4 is 11.7 Å². The van der Waals surface area contributed by atoms with Crippen molar-refractivity contribution in [3.63, 3.8) is 0 Å². The van der Waals surface area contributed by atoms with Gasteiger partial charge >= 0.3 is 0 Å². The largest absolute Gasteiger partial charge is 0.389 e. The smallest absolute Gasteiger partial charge is 0.257 e. The summed E-state index contributed by atoms with van der Waals surface area (Å²) in [5, 5.41) is 19.7. The first kappa shape index (κ1) is 19.7. The Morgan fingerprint density at radius 1 is 1.43 bits per heavy atom. The third-order valence-corrected chi connectivity index (χ3v) is 4.93. The van der Waals surface area contributed by atoms with Gasteiger partial charge in [0.2, 0.25) is 0 Å². The molecule has 0 radical (unpaired) electrons. The van der Waals surface area contributed by atoms with E-state index in [4.69, 9.17) is 5.26 Å². The van der Waals surface area contributed by atoms with Gasteiger partial charge in [-0.1, -0.05) is 6.07 Å². The average molecular weight is 386 g/mol. The van der Waals surface area contributed by atoms with Crippen molar-refractivity contribution in [3.05, 3.63) is 59.3 Å². The fourth-order valence-corrected chi connectivity index (χ4v) is 3.50. The number of hydrogen-bond donors (Lipinski definition) is 1. The summed E-state index contributed by atoms with van der Waals surface area (Å²) in [7, 11) is 0. The van der Waals surface area contributed by atoms with E-state index in [9.17, 15) is 18.7 Å². The molecule has 1 aromatic carbocycles. The molecule has 0 saturated carbocycles. The van der Waals surface area contributed by atoms with Gasteiger partial charge in [0.05, 0.1) is 29.3 Å². The van der Waals surface area contributed by atoms with Gasteiger partial charge in [-0.3, -0.25) is 4.79 Å². The van der Waals surface area contributed by atoms with E-state index in [1.165, 1.54) is 23.2 Å². The molecule has 1 aliphatic heterocycles. The Bertz CT molecular complexity index is 915. The Morgan fingerprint density at radius 3 is 2.89 bits per heavy atom. The molecular formula is C20H20F2N4O2. The van der Waals surface area contributed by atoms with Crippen LogP contribution in [0.1, 0.15) is 29.3 Å². The van der Waals surface area contributed by atoms with Gasteiger partial charge in [0.25, 0.3) is 5.91 Å². The lowest BCUT2D eigenvalue weighted by Gasteiger charge is -2.42. The van der Waals surface area contributed by atoms with Gasteiger partial charge in [-0.2, -0.15) is 5.26 Å². The monoisotopic (exact) mass is 386 g/mol. The fraction of sp³-hybridized carbons (Fsp3) is 0.350. The SMILES string of the molecule is CCN(C(=O)c1cccc(F)c1F)[C@@H]1CCN(c2cc(C#N)ccn2)C[C@H]1O. The molecule has 3 rings (SSSR count). The number of piperidine rings is 1. The number of aromatic nitrogens is 1. The molecule has 6 nitrogen and oxygen atoms in total. The van der Waals surface area contributed by atoms with Gasteiger partial charge in [-0.05, 0) is 37.6 Å². The molecule has 2 heterocycles. The van der Waals surface area contributed by atoms with Gasteiger partial charge in [-0.15, -0.1) is 0 Å². The molecule has 1 aliphatic rings. The zero-order valence-electron chi connectivity index (χ0n) is 15.3. The lowest BCUT2D eigenvalue weighted by Crippen LogP contribution is -2.56. The number of carbonyl (C=O) groups excluding carboxylic acids is 1. The maximum absolute atomic E-state index is 14.0.